The molecule has 0 saturated carbocycles. The van der Waals surface area contributed by atoms with Crippen LogP contribution < -0.4 is 49.5 Å². The van der Waals surface area contributed by atoms with E-state index < -0.39 is 5.60 Å². The van der Waals surface area contributed by atoms with E-state index in [4.69, 9.17) is 67.6 Å². The highest BCUT2D eigenvalue weighted by molar-refractivity contribution is 6.16. The molecular formula is C69H82N12O13. The van der Waals surface area contributed by atoms with Crippen LogP contribution in [0.4, 0.5) is 4.79 Å². The number of aromatic amines is 2. The predicted molar refractivity (Wildman–Crippen MR) is 357 cm³/mol. The Balaban J connectivity index is 0.000000169. The molecule has 10 aromatic rings. The first-order chi connectivity index (χ1) is 44.3. The molecule has 6 aromatic heterocycles. The molecule has 6 N–H and O–H groups in total. The minimum atomic E-state index is -0.406. The number of hydrogen-bond donors (Lipinski definition) is 5. The number of benzene rings is 4. The Morgan fingerprint density at radius 1 is 0.628 bits per heavy atom. The third-order valence-corrected chi connectivity index (χ3v) is 16.5. The number of carbonyl (C=O) groups excluding carboxylic acids is 3. The maximum Gasteiger partial charge on any atom is 0.410 e. The van der Waals surface area contributed by atoms with Gasteiger partial charge in [0.05, 0.1) is 64.5 Å². The van der Waals surface area contributed by atoms with E-state index in [1.807, 2.05) is 98.7 Å². The third kappa shape index (κ3) is 13.2. The number of fused-ring (bicyclic) bond motifs is 8. The molecule has 10 heterocycles. The van der Waals surface area contributed by atoms with Crippen molar-refractivity contribution >= 4 is 62.3 Å². The molecule has 0 aliphatic carbocycles. The number of ether oxygens (including phenoxy) is 8. The number of aryl methyl sites for hydroxylation is 6. The Morgan fingerprint density at radius 2 is 1.11 bits per heavy atom. The summed E-state index contributed by atoms with van der Waals surface area (Å²) in [6.07, 6.45) is 3.32. The van der Waals surface area contributed by atoms with Crippen molar-refractivity contribution in [2.24, 2.45) is 5.73 Å². The van der Waals surface area contributed by atoms with Crippen molar-refractivity contribution in [3.63, 3.8) is 0 Å². The first-order valence-electron chi connectivity index (χ1n) is 30.6. The molecule has 4 aromatic carbocycles. The van der Waals surface area contributed by atoms with Crippen molar-refractivity contribution in [2.45, 2.75) is 121 Å². The van der Waals surface area contributed by atoms with Crippen molar-refractivity contribution in [3.8, 4) is 85.0 Å². The van der Waals surface area contributed by atoms with E-state index in [9.17, 15) is 14.4 Å². The molecule has 4 aliphatic rings. The number of methoxy groups -OCH3 is 2. The maximum absolute atomic E-state index is 13.4. The molecule has 14 rings (SSSR count). The summed E-state index contributed by atoms with van der Waals surface area (Å²) < 4.78 is 56.9. The van der Waals surface area contributed by atoms with Gasteiger partial charge in [0.1, 0.15) is 78.0 Å². The molecule has 0 spiro atoms. The molecule has 4 aliphatic heterocycles. The van der Waals surface area contributed by atoms with Gasteiger partial charge >= 0.3 is 6.09 Å². The van der Waals surface area contributed by atoms with Gasteiger partial charge in [-0.3, -0.25) is 9.59 Å². The highest BCUT2D eigenvalue weighted by atomic mass is 16.6. The van der Waals surface area contributed by atoms with Crippen molar-refractivity contribution in [1.29, 1.82) is 0 Å². The zero-order valence-electron chi connectivity index (χ0n) is 53.4. The SMILES string of the molecule is C.C.CC(C)(C)OC(=O)N1CCC(N)CC1.COc1cc2c(cc1-c1c(C)noc1C)[nH]c1nc(C)nc(-c3ccc(C(=O)NC4CCNCC4)c4c3OCCO4)c12.COc1cc2c(cc1-c1c(C)noc1C)[nH]c1nc(C)nc(-c3ccc(OC=O)c4c3OCCO4)c12. The van der Waals surface area contributed by atoms with Gasteiger partial charge in [0.2, 0.25) is 5.75 Å². The molecule has 25 heteroatoms. The van der Waals surface area contributed by atoms with Crippen LogP contribution in [0.3, 0.4) is 0 Å². The number of amides is 2. The summed E-state index contributed by atoms with van der Waals surface area (Å²) in [7, 11) is 3.28. The fourth-order valence-electron chi connectivity index (χ4n) is 12.3. The van der Waals surface area contributed by atoms with Crippen molar-refractivity contribution < 1.29 is 61.3 Å². The Hall–Kier alpha value is -10.0. The number of likely N-dealkylation sites (tertiary alicyclic amines) is 1. The summed E-state index contributed by atoms with van der Waals surface area (Å²) in [5, 5.41) is 18.1. The van der Waals surface area contributed by atoms with Gasteiger partial charge in [-0.25, -0.2) is 24.7 Å². The first kappa shape index (κ1) is 66.9. The smallest absolute Gasteiger partial charge is 0.410 e. The number of nitrogens with one attached hydrogen (secondary N) is 4. The van der Waals surface area contributed by atoms with Crippen LogP contribution in [-0.4, -0.2) is 148 Å². The number of nitrogens with two attached hydrogens (primary N) is 1. The first-order valence-corrected chi connectivity index (χ1v) is 30.6. The largest absolute Gasteiger partial charge is 0.496 e. The third-order valence-electron chi connectivity index (χ3n) is 16.5. The lowest BCUT2D eigenvalue weighted by molar-refractivity contribution is -0.120. The number of piperidine rings is 2. The maximum atomic E-state index is 13.4. The van der Waals surface area contributed by atoms with Crippen molar-refractivity contribution in [3.05, 3.63) is 88.7 Å². The zero-order chi connectivity index (χ0) is 64.7. The number of hydrogen-bond acceptors (Lipinski definition) is 21. The Morgan fingerprint density at radius 3 is 1.57 bits per heavy atom. The second-order valence-electron chi connectivity index (χ2n) is 24.0. The zero-order valence-corrected chi connectivity index (χ0v) is 53.4. The summed E-state index contributed by atoms with van der Waals surface area (Å²) in [4.78, 5) is 63.6. The number of aromatic nitrogens is 8. The highest BCUT2D eigenvalue weighted by Crippen LogP contribution is 2.50. The van der Waals surface area contributed by atoms with E-state index in [0.717, 1.165) is 124 Å². The lowest BCUT2D eigenvalue weighted by atomic mass is 9.98. The van der Waals surface area contributed by atoms with Gasteiger partial charge in [0, 0.05) is 69.2 Å². The average molecular weight is 1290 g/mol. The Labute approximate surface area is 544 Å². The van der Waals surface area contributed by atoms with Gasteiger partial charge in [0.25, 0.3) is 12.4 Å². The van der Waals surface area contributed by atoms with Crippen LogP contribution >= 0.6 is 0 Å². The summed E-state index contributed by atoms with van der Waals surface area (Å²) in [5.41, 5.74) is 16.7. The van der Waals surface area contributed by atoms with E-state index in [0.29, 0.717) is 124 Å². The fraction of sp³-hybridized carbons (Fsp3) is 0.406. The van der Waals surface area contributed by atoms with Crippen LogP contribution in [0.25, 0.3) is 88.6 Å². The van der Waals surface area contributed by atoms with E-state index in [1.54, 1.807) is 31.3 Å². The highest BCUT2D eigenvalue weighted by Gasteiger charge is 2.32. The molecule has 0 radical (unpaired) electrons. The second-order valence-corrected chi connectivity index (χ2v) is 24.0. The van der Waals surface area contributed by atoms with Gasteiger partial charge < -0.3 is 78.2 Å². The number of rotatable bonds is 10. The van der Waals surface area contributed by atoms with Crippen LogP contribution in [0.15, 0.2) is 57.6 Å². The molecule has 25 nitrogen and oxygen atoms in total. The quantitative estimate of drug-likeness (QED) is 0.0794. The second kappa shape index (κ2) is 27.7. The van der Waals surface area contributed by atoms with Gasteiger partial charge in [-0.2, -0.15) is 0 Å². The fourth-order valence-corrected chi connectivity index (χ4v) is 12.3. The van der Waals surface area contributed by atoms with Crippen molar-refractivity contribution in [2.75, 3.05) is 66.8 Å². The summed E-state index contributed by atoms with van der Waals surface area (Å²) in [5.74, 6) is 5.85. The molecule has 94 heavy (non-hydrogen) atoms. The van der Waals surface area contributed by atoms with Crippen molar-refractivity contribution in [1.82, 2.24) is 55.8 Å². The molecule has 0 atom stereocenters. The predicted octanol–water partition coefficient (Wildman–Crippen LogP) is 11.9. The number of carbonyl (C=O) groups is 3. The van der Waals surface area contributed by atoms with E-state index >= 15 is 0 Å². The normalized spacial score (nSPS) is 14.7. The molecule has 0 unspecified atom stereocenters. The molecule has 2 saturated heterocycles. The Kier molecular flexibility index (Phi) is 19.7. The molecule has 2 fully saturated rings. The number of H-pyrrole nitrogens is 2. The van der Waals surface area contributed by atoms with Crippen LogP contribution in [0, 0.1) is 41.5 Å². The standard InChI is InChI=1S/C31H32N6O5.C26H22N4O6.C10H20N2O2.2CH4/c1-15-25(16(2)42-37-15)22-13-23-21(14-24(22)39-4)26-27(33-17(3)34-30(26)36-23)19-5-6-20(29-28(19)40-11-12-41-29)31(38)35-18-7-9-32-10-8-18;1-12-21(13(2)36-30-12)17-9-18-16(10-20(17)32-4)22-23(27-14(3)28-26(22)29-18)15-5-6-19(35-11-31)25-24(15)33-7-8-34-25;1-10(2,3)14-9(13)12-6-4-8(11)5-7-12;;/h5-6,13-14,18,32H,7-12H2,1-4H3,(H,35,38)(H,33,34,36);5-6,9-11H,7-8H2,1-4H3,(H,27,28,29);8H,4-7,11H2,1-3H3;2*1H4. The minimum Gasteiger partial charge on any atom is -0.496 e. The van der Waals surface area contributed by atoms with Gasteiger partial charge in [-0.05, 0) is 150 Å². The lowest BCUT2D eigenvalue weighted by Gasteiger charge is -2.32. The summed E-state index contributed by atoms with van der Waals surface area (Å²) >= 11 is 0. The lowest BCUT2D eigenvalue weighted by Crippen LogP contribution is -2.44. The van der Waals surface area contributed by atoms with E-state index in [1.165, 1.54) is 0 Å². The van der Waals surface area contributed by atoms with Crippen LogP contribution in [0.5, 0.6) is 40.2 Å². The molecular weight excluding hydrogens is 1200 g/mol. The van der Waals surface area contributed by atoms with E-state index in [-0.39, 0.29) is 44.7 Å². The van der Waals surface area contributed by atoms with Gasteiger partial charge in [0.15, 0.2) is 23.0 Å². The van der Waals surface area contributed by atoms with Gasteiger partial charge in [-0.15, -0.1) is 0 Å². The minimum absolute atomic E-state index is 0. The van der Waals surface area contributed by atoms with Gasteiger partial charge in [-0.1, -0.05) is 25.2 Å². The monoisotopic (exact) mass is 1290 g/mol. The summed E-state index contributed by atoms with van der Waals surface area (Å²) in [6, 6.07) is 15.5. The average Bonchev–Trinajstić information content (AvgIpc) is 1.50. The number of nitrogens with zero attached hydrogens (tertiary/aromatic N) is 7. The molecule has 2 amide bonds. The molecule has 0 bridgehead atoms. The Bertz CT molecular complexity index is 4430. The topological polar surface area (TPSA) is 314 Å². The van der Waals surface area contributed by atoms with Crippen LogP contribution in [0.2, 0.25) is 0 Å². The van der Waals surface area contributed by atoms with Crippen LogP contribution in [-0.2, 0) is 9.53 Å². The molecule has 496 valence electrons. The summed E-state index contributed by atoms with van der Waals surface area (Å²) in [6.45, 7) is 21.9. The van der Waals surface area contributed by atoms with E-state index in [2.05, 4.69) is 35.9 Å². The van der Waals surface area contributed by atoms with Crippen LogP contribution in [0.1, 0.15) is 106 Å².